The molecule has 0 saturated heterocycles. The molecule has 2 N–H and O–H groups in total. The second kappa shape index (κ2) is 8.43. The summed E-state index contributed by atoms with van der Waals surface area (Å²) >= 11 is 5.87. The SMILES string of the molecule is CCOc1cc(Cl)ccc1NC(=O)CCCCC(=O)O. The number of benzene rings is 1. The van der Waals surface area contributed by atoms with E-state index < -0.39 is 5.97 Å². The molecule has 0 atom stereocenters. The van der Waals surface area contributed by atoms with Crippen molar-refractivity contribution in [3.05, 3.63) is 23.2 Å². The lowest BCUT2D eigenvalue weighted by molar-refractivity contribution is -0.137. The van der Waals surface area contributed by atoms with Gasteiger partial charge in [-0.25, -0.2) is 0 Å². The fourth-order valence-electron chi connectivity index (χ4n) is 1.65. The van der Waals surface area contributed by atoms with Gasteiger partial charge in [-0.3, -0.25) is 9.59 Å². The Morgan fingerprint density at radius 1 is 1.30 bits per heavy atom. The Bertz CT molecular complexity index is 476. The van der Waals surface area contributed by atoms with Crippen LogP contribution in [-0.2, 0) is 9.59 Å². The third kappa shape index (κ3) is 5.93. The van der Waals surface area contributed by atoms with Crippen molar-refractivity contribution >= 4 is 29.2 Å². The van der Waals surface area contributed by atoms with E-state index in [1.54, 1.807) is 18.2 Å². The summed E-state index contributed by atoms with van der Waals surface area (Å²) in [5, 5.41) is 11.8. The topological polar surface area (TPSA) is 75.6 Å². The van der Waals surface area contributed by atoms with Crippen molar-refractivity contribution in [1.82, 2.24) is 0 Å². The fraction of sp³-hybridized carbons (Fsp3) is 0.429. The van der Waals surface area contributed by atoms with Crippen LogP contribution in [0.3, 0.4) is 0 Å². The zero-order valence-electron chi connectivity index (χ0n) is 11.3. The molecule has 0 aliphatic carbocycles. The van der Waals surface area contributed by atoms with Crippen molar-refractivity contribution in [3.8, 4) is 5.75 Å². The van der Waals surface area contributed by atoms with Crippen molar-refractivity contribution in [3.63, 3.8) is 0 Å². The van der Waals surface area contributed by atoms with Gasteiger partial charge in [-0.2, -0.15) is 0 Å². The van der Waals surface area contributed by atoms with Crippen LogP contribution in [0.2, 0.25) is 5.02 Å². The number of carboxylic acids is 1. The first-order valence-electron chi connectivity index (χ1n) is 6.47. The summed E-state index contributed by atoms with van der Waals surface area (Å²) in [6.07, 6.45) is 1.39. The lowest BCUT2D eigenvalue weighted by Crippen LogP contribution is -2.12. The van der Waals surface area contributed by atoms with E-state index in [2.05, 4.69) is 5.32 Å². The van der Waals surface area contributed by atoms with Gasteiger partial charge < -0.3 is 15.2 Å². The van der Waals surface area contributed by atoms with E-state index in [1.165, 1.54) is 0 Å². The highest BCUT2D eigenvalue weighted by molar-refractivity contribution is 6.30. The summed E-state index contributed by atoms with van der Waals surface area (Å²) in [4.78, 5) is 22.1. The van der Waals surface area contributed by atoms with E-state index in [4.69, 9.17) is 21.4 Å². The van der Waals surface area contributed by atoms with Crippen molar-refractivity contribution in [2.75, 3.05) is 11.9 Å². The van der Waals surface area contributed by atoms with Gasteiger partial charge in [0.1, 0.15) is 5.75 Å². The quantitative estimate of drug-likeness (QED) is 0.722. The fourth-order valence-corrected chi connectivity index (χ4v) is 1.81. The molecule has 0 spiro atoms. The molecule has 0 fully saturated rings. The number of carbonyl (C=O) groups excluding carboxylic acids is 1. The zero-order chi connectivity index (χ0) is 15.0. The standard InChI is InChI=1S/C14H18ClNO4/c1-2-20-12-9-10(15)7-8-11(12)16-13(17)5-3-4-6-14(18)19/h7-9H,2-6H2,1H3,(H,16,17)(H,18,19). The molecule has 0 aromatic heterocycles. The van der Waals surface area contributed by atoms with Crippen LogP contribution in [0.1, 0.15) is 32.6 Å². The molecule has 1 amide bonds. The average molecular weight is 300 g/mol. The van der Waals surface area contributed by atoms with Gasteiger partial charge in [0.05, 0.1) is 12.3 Å². The summed E-state index contributed by atoms with van der Waals surface area (Å²) in [5.74, 6) is -0.487. The van der Waals surface area contributed by atoms with E-state index in [0.717, 1.165) is 0 Å². The van der Waals surface area contributed by atoms with Crippen molar-refractivity contribution in [2.24, 2.45) is 0 Å². The lowest BCUT2D eigenvalue weighted by atomic mass is 10.2. The van der Waals surface area contributed by atoms with Crippen LogP contribution >= 0.6 is 11.6 Å². The Labute approximate surface area is 122 Å². The van der Waals surface area contributed by atoms with Crippen molar-refractivity contribution in [1.29, 1.82) is 0 Å². The summed E-state index contributed by atoms with van der Waals surface area (Å²) < 4.78 is 5.40. The Hall–Kier alpha value is -1.75. The van der Waals surface area contributed by atoms with Gasteiger partial charge in [-0.05, 0) is 31.9 Å². The maximum absolute atomic E-state index is 11.8. The van der Waals surface area contributed by atoms with Crippen LogP contribution < -0.4 is 10.1 Å². The average Bonchev–Trinajstić information content (AvgIpc) is 2.38. The molecular weight excluding hydrogens is 282 g/mol. The van der Waals surface area contributed by atoms with Crippen LogP contribution in [0.25, 0.3) is 0 Å². The number of amides is 1. The number of unbranched alkanes of at least 4 members (excludes halogenated alkanes) is 1. The maximum atomic E-state index is 11.8. The molecule has 0 aliphatic heterocycles. The molecule has 1 rings (SSSR count). The second-order valence-electron chi connectivity index (χ2n) is 4.22. The molecule has 0 bridgehead atoms. The second-order valence-corrected chi connectivity index (χ2v) is 4.66. The van der Waals surface area contributed by atoms with Crippen LogP contribution in [-0.4, -0.2) is 23.6 Å². The van der Waals surface area contributed by atoms with Crippen LogP contribution in [0.5, 0.6) is 5.75 Å². The molecule has 5 nitrogen and oxygen atoms in total. The van der Waals surface area contributed by atoms with Gasteiger partial charge in [0.25, 0.3) is 0 Å². The Kier molecular flexibility index (Phi) is 6.87. The first-order valence-corrected chi connectivity index (χ1v) is 6.84. The number of nitrogens with one attached hydrogen (secondary N) is 1. The van der Waals surface area contributed by atoms with E-state index in [0.29, 0.717) is 35.9 Å². The molecule has 0 radical (unpaired) electrons. The number of carboxylic acid groups (broad SMARTS) is 1. The number of anilines is 1. The van der Waals surface area contributed by atoms with Crippen LogP contribution in [0.15, 0.2) is 18.2 Å². The lowest BCUT2D eigenvalue weighted by Gasteiger charge is -2.11. The highest BCUT2D eigenvalue weighted by atomic mass is 35.5. The number of hydrogen-bond acceptors (Lipinski definition) is 3. The first kappa shape index (κ1) is 16.3. The van der Waals surface area contributed by atoms with Gasteiger partial charge in [0.2, 0.25) is 5.91 Å². The molecule has 20 heavy (non-hydrogen) atoms. The number of ether oxygens (including phenoxy) is 1. The molecular formula is C14H18ClNO4. The largest absolute Gasteiger partial charge is 0.492 e. The van der Waals surface area contributed by atoms with Crippen molar-refractivity contribution in [2.45, 2.75) is 32.6 Å². The minimum Gasteiger partial charge on any atom is -0.492 e. The molecule has 1 aromatic carbocycles. The third-order valence-electron chi connectivity index (χ3n) is 2.56. The number of halogens is 1. The van der Waals surface area contributed by atoms with E-state index in [1.807, 2.05) is 6.92 Å². The predicted octanol–water partition coefficient (Wildman–Crippen LogP) is 3.32. The first-order chi connectivity index (χ1) is 9.52. The minimum absolute atomic E-state index is 0.0818. The number of aliphatic carboxylic acids is 1. The van der Waals surface area contributed by atoms with Gasteiger partial charge >= 0.3 is 5.97 Å². The molecule has 6 heteroatoms. The Morgan fingerprint density at radius 2 is 2.00 bits per heavy atom. The molecule has 0 aliphatic rings. The van der Waals surface area contributed by atoms with Gasteiger partial charge in [0, 0.05) is 23.9 Å². The summed E-state index contributed by atoms with van der Waals surface area (Å²) in [5.41, 5.74) is 0.569. The highest BCUT2D eigenvalue weighted by Gasteiger charge is 2.09. The molecule has 0 heterocycles. The molecule has 0 unspecified atom stereocenters. The summed E-state index contributed by atoms with van der Waals surface area (Å²) in [6.45, 7) is 2.32. The van der Waals surface area contributed by atoms with Gasteiger partial charge in [-0.15, -0.1) is 0 Å². The smallest absolute Gasteiger partial charge is 0.303 e. The summed E-state index contributed by atoms with van der Waals surface area (Å²) in [7, 11) is 0. The van der Waals surface area contributed by atoms with E-state index in [9.17, 15) is 9.59 Å². The van der Waals surface area contributed by atoms with Crippen LogP contribution in [0.4, 0.5) is 5.69 Å². The summed E-state index contributed by atoms with van der Waals surface area (Å²) in [6, 6.07) is 5.00. The highest BCUT2D eigenvalue weighted by Crippen LogP contribution is 2.28. The third-order valence-corrected chi connectivity index (χ3v) is 2.80. The zero-order valence-corrected chi connectivity index (χ0v) is 12.1. The Balaban J connectivity index is 2.50. The molecule has 0 saturated carbocycles. The Morgan fingerprint density at radius 3 is 2.65 bits per heavy atom. The number of carbonyl (C=O) groups is 2. The molecule has 1 aromatic rings. The van der Waals surface area contributed by atoms with Gasteiger partial charge in [-0.1, -0.05) is 11.6 Å². The van der Waals surface area contributed by atoms with E-state index in [-0.39, 0.29) is 18.7 Å². The normalized spacial score (nSPS) is 10.1. The van der Waals surface area contributed by atoms with Gasteiger partial charge in [0.15, 0.2) is 0 Å². The minimum atomic E-state index is -0.846. The number of hydrogen-bond donors (Lipinski definition) is 2. The van der Waals surface area contributed by atoms with E-state index >= 15 is 0 Å². The predicted molar refractivity (Wildman–Crippen MR) is 77.4 cm³/mol. The monoisotopic (exact) mass is 299 g/mol. The van der Waals surface area contributed by atoms with Crippen LogP contribution in [0, 0.1) is 0 Å². The molecule has 110 valence electrons. The number of rotatable bonds is 8. The van der Waals surface area contributed by atoms with Crippen molar-refractivity contribution < 1.29 is 19.4 Å². The maximum Gasteiger partial charge on any atom is 0.303 e.